The van der Waals surface area contributed by atoms with Gasteiger partial charge in [0.2, 0.25) is 5.91 Å². The molecule has 16 heavy (non-hydrogen) atoms. The van der Waals surface area contributed by atoms with Crippen molar-refractivity contribution in [3.63, 3.8) is 0 Å². The molecular formula is C12H26N2O2. The molecule has 0 aliphatic carbocycles. The van der Waals surface area contributed by atoms with Gasteiger partial charge in [0.1, 0.15) is 0 Å². The van der Waals surface area contributed by atoms with Gasteiger partial charge in [-0.15, -0.1) is 0 Å². The van der Waals surface area contributed by atoms with Gasteiger partial charge in [0, 0.05) is 20.1 Å². The largest absolute Gasteiger partial charge is 0.377 e. The van der Waals surface area contributed by atoms with Gasteiger partial charge in [-0.25, -0.2) is 0 Å². The van der Waals surface area contributed by atoms with Crippen LogP contribution in [0.15, 0.2) is 0 Å². The van der Waals surface area contributed by atoms with Crippen LogP contribution in [0.1, 0.15) is 33.6 Å². The Morgan fingerprint density at radius 3 is 2.50 bits per heavy atom. The average Bonchev–Trinajstić information content (AvgIpc) is 2.24. The average molecular weight is 230 g/mol. The van der Waals surface area contributed by atoms with Crippen LogP contribution < -0.4 is 5.73 Å². The molecular weight excluding hydrogens is 204 g/mol. The van der Waals surface area contributed by atoms with Crippen molar-refractivity contribution in [2.45, 2.75) is 39.7 Å². The highest BCUT2D eigenvalue weighted by molar-refractivity contribution is 5.78. The standard InChI is InChI=1S/C12H26N2O2/c1-5-6-11(9-13)12(15)14(4)7-8-16-10(2)3/h10-11H,5-9,13H2,1-4H3. The Kier molecular flexibility index (Phi) is 8.21. The molecule has 0 aliphatic rings. The Morgan fingerprint density at radius 2 is 2.06 bits per heavy atom. The summed E-state index contributed by atoms with van der Waals surface area (Å²) in [4.78, 5) is 13.6. The van der Waals surface area contributed by atoms with Crippen molar-refractivity contribution in [3.8, 4) is 0 Å². The molecule has 0 aromatic carbocycles. The van der Waals surface area contributed by atoms with Crippen molar-refractivity contribution < 1.29 is 9.53 Å². The Balaban J connectivity index is 3.95. The summed E-state index contributed by atoms with van der Waals surface area (Å²) >= 11 is 0. The summed E-state index contributed by atoms with van der Waals surface area (Å²) < 4.78 is 5.41. The summed E-state index contributed by atoms with van der Waals surface area (Å²) in [5.74, 6) is 0.103. The van der Waals surface area contributed by atoms with Gasteiger partial charge < -0.3 is 15.4 Å². The van der Waals surface area contributed by atoms with E-state index in [1.165, 1.54) is 0 Å². The number of ether oxygens (including phenoxy) is 1. The lowest BCUT2D eigenvalue weighted by Gasteiger charge is -2.23. The minimum Gasteiger partial charge on any atom is -0.377 e. The number of likely N-dealkylation sites (N-methyl/N-ethyl adjacent to an activating group) is 1. The zero-order valence-electron chi connectivity index (χ0n) is 11.0. The highest BCUT2D eigenvalue weighted by Gasteiger charge is 2.19. The Bertz CT molecular complexity index is 195. The van der Waals surface area contributed by atoms with Crippen LogP contribution in [-0.2, 0) is 9.53 Å². The minimum absolute atomic E-state index is 0.0333. The van der Waals surface area contributed by atoms with Crippen molar-refractivity contribution >= 4 is 5.91 Å². The van der Waals surface area contributed by atoms with E-state index in [4.69, 9.17) is 10.5 Å². The number of hydrogen-bond donors (Lipinski definition) is 1. The Morgan fingerprint density at radius 1 is 1.44 bits per heavy atom. The van der Waals surface area contributed by atoms with E-state index in [9.17, 15) is 4.79 Å². The van der Waals surface area contributed by atoms with E-state index >= 15 is 0 Å². The fourth-order valence-electron chi connectivity index (χ4n) is 1.54. The van der Waals surface area contributed by atoms with Crippen LogP contribution in [0.2, 0.25) is 0 Å². The summed E-state index contributed by atoms with van der Waals surface area (Å²) in [7, 11) is 1.81. The quantitative estimate of drug-likeness (QED) is 0.682. The molecule has 96 valence electrons. The summed E-state index contributed by atoms with van der Waals surface area (Å²) in [6.45, 7) is 7.70. The first-order chi connectivity index (χ1) is 7.52. The van der Waals surface area contributed by atoms with Crippen molar-refractivity contribution in [1.29, 1.82) is 0 Å². The molecule has 4 heteroatoms. The van der Waals surface area contributed by atoms with Crippen LogP contribution >= 0.6 is 0 Å². The molecule has 0 fully saturated rings. The first kappa shape index (κ1) is 15.4. The second kappa shape index (κ2) is 8.53. The molecule has 0 heterocycles. The summed E-state index contributed by atoms with van der Waals surface area (Å²) in [5, 5.41) is 0. The number of rotatable bonds is 8. The topological polar surface area (TPSA) is 55.6 Å². The van der Waals surface area contributed by atoms with Crippen LogP contribution in [0.4, 0.5) is 0 Å². The smallest absolute Gasteiger partial charge is 0.226 e. The third kappa shape index (κ3) is 6.08. The second-order valence-electron chi connectivity index (χ2n) is 4.40. The fraction of sp³-hybridized carbons (Fsp3) is 0.917. The maximum absolute atomic E-state index is 11.9. The van der Waals surface area contributed by atoms with Crippen LogP contribution in [-0.4, -0.2) is 43.7 Å². The van der Waals surface area contributed by atoms with Gasteiger partial charge in [0.25, 0.3) is 0 Å². The Labute approximate surface area is 99.1 Å². The van der Waals surface area contributed by atoms with E-state index in [-0.39, 0.29) is 17.9 Å². The predicted molar refractivity (Wildman–Crippen MR) is 66.2 cm³/mol. The van der Waals surface area contributed by atoms with Crippen molar-refractivity contribution in [1.82, 2.24) is 4.90 Å². The van der Waals surface area contributed by atoms with Gasteiger partial charge in [0.05, 0.1) is 18.6 Å². The monoisotopic (exact) mass is 230 g/mol. The molecule has 0 saturated carbocycles. The van der Waals surface area contributed by atoms with E-state index in [2.05, 4.69) is 6.92 Å². The predicted octanol–water partition coefficient (Wildman–Crippen LogP) is 1.24. The summed E-state index contributed by atoms with van der Waals surface area (Å²) in [5.41, 5.74) is 5.60. The summed E-state index contributed by atoms with van der Waals surface area (Å²) in [6, 6.07) is 0. The molecule has 0 aliphatic heterocycles. The van der Waals surface area contributed by atoms with Gasteiger partial charge in [0.15, 0.2) is 0 Å². The van der Waals surface area contributed by atoms with E-state index in [0.717, 1.165) is 12.8 Å². The van der Waals surface area contributed by atoms with Gasteiger partial charge in [-0.2, -0.15) is 0 Å². The molecule has 1 unspecified atom stereocenters. The highest BCUT2D eigenvalue weighted by atomic mass is 16.5. The molecule has 4 nitrogen and oxygen atoms in total. The van der Waals surface area contributed by atoms with E-state index in [0.29, 0.717) is 19.7 Å². The molecule has 1 amide bonds. The second-order valence-corrected chi connectivity index (χ2v) is 4.40. The number of nitrogens with zero attached hydrogens (tertiary/aromatic N) is 1. The summed E-state index contributed by atoms with van der Waals surface area (Å²) in [6.07, 6.45) is 2.07. The van der Waals surface area contributed by atoms with Crippen molar-refractivity contribution in [2.24, 2.45) is 11.7 Å². The molecule has 0 aromatic rings. The number of hydrogen-bond acceptors (Lipinski definition) is 3. The third-order valence-corrected chi connectivity index (χ3v) is 2.53. The van der Waals surface area contributed by atoms with Gasteiger partial charge in [-0.1, -0.05) is 13.3 Å². The van der Waals surface area contributed by atoms with E-state index in [1.807, 2.05) is 20.9 Å². The molecule has 0 saturated heterocycles. The highest BCUT2D eigenvalue weighted by Crippen LogP contribution is 2.08. The van der Waals surface area contributed by atoms with Crippen LogP contribution in [0.25, 0.3) is 0 Å². The fourth-order valence-corrected chi connectivity index (χ4v) is 1.54. The zero-order chi connectivity index (χ0) is 12.6. The first-order valence-electron chi connectivity index (χ1n) is 6.09. The third-order valence-electron chi connectivity index (χ3n) is 2.53. The van der Waals surface area contributed by atoms with Gasteiger partial charge in [-0.3, -0.25) is 4.79 Å². The molecule has 0 radical (unpaired) electrons. The van der Waals surface area contributed by atoms with Crippen LogP contribution in [0.3, 0.4) is 0 Å². The molecule has 0 bridgehead atoms. The van der Waals surface area contributed by atoms with Crippen LogP contribution in [0.5, 0.6) is 0 Å². The van der Waals surface area contributed by atoms with Gasteiger partial charge in [-0.05, 0) is 20.3 Å². The minimum atomic E-state index is -0.0333. The van der Waals surface area contributed by atoms with Crippen molar-refractivity contribution in [2.75, 3.05) is 26.7 Å². The van der Waals surface area contributed by atoms with E-state index in [1.54, 1.807) is 4.90 Å². The molecule has 0 spiro atoms. The first-order valence-corrected chi connectivity index (χ1v) is 6.09. The Hall–Kier alpha value is -0.610. The maximum Gasteiger partial charge on any atom is 0.226 e. The van der Waals surface area contributed by atoms with E-state index < -0.39 is 0 Å². The lowest BCUT2D eigenvalue weighted by molar-refractivity contribution is -0.135. The number of carbonyl (C=O) groups is 1. The lowest BCUT2D eigenvalue weighted by Crippen LogP contribution is -2.38. The zero-order valence-corrected chi connectivity index (χ0v) is 11.0. The van der Waals surface area contributed by atoms with Crippen LogP contribution in [0, 0.1) is 5.92 Å². The van der Waals surface area contributed by atoms with Gasteiger partial charge >= 0.3 is 0 Å². The normalized spacial score (nSPS) is 12.9. The number of carbonyl (C=O) groups excluding carboxylic acids is 1. The molecule has 2 N–H and O–H groups in total. The lowest BCUT2D eigenvalue weighted by atomic mass is 10.0. The van der Waals surface area contributed by atoms with Crippen molar-refractivity contribution in [3.05, 3.63) is 0 Å². The molecule has 0 rings (SSSR count). The molecule has 1 atom stereocenters. The number of nitrogens with two attached hydrogens (primary N) is 1. The molecule has 0 aromatic heterocycles. The maximum atomic E-state index is 11.9. The number of amides is 1. The SMILES string of the molecule is CCCC(CN)C(=O)N(C)CCOC(C)C.